The second kappa shape index (κ2) is 6.99. The highest BCUT2D eigenvalue weighted by Crippen LogP contribution is 2.25. The van der Waals surface area contributed by atoms with Crippen molar-refractivity contribution in [2.24, 2.45) is 0 Å². The molecule has 94 valence electrons. The molecule has 3 nitrogen and oxygen atoms in total. The lowest BCUT2D eigenvalue weighted by Gasteiger charge is -2.13. The van der Waals surface area contributed by atoms with Crippen molar-refractivity contribution in [1.82, 2.24) is 5.32 Å². The first-order chi connectivity index (χ1) is 8.06. The zero-order valence-electron chi connectivity index (χ0n) is 9.80. The molecule has 1 atom stereocenters. The molecule has 1 amide bonds. The van der Waals surface area contributed by atoms with Crippen molar-refractivity contribution in [2.45, 2.75) is 20.0 Å². The molecule has 0 aliphatic heterocycles. The molecule has 0 spiro atoms. The van der Waals surface area contributed by atoms with Crippen LogP contribution in [0.25, 0.3) is 0 Å². The molecule has 0 aromatic heterocycles. The first kappa shape index (κ1) is 14.5. The Balaban J connectivity index is 2.61. The lowest BCUT2D eigenvalue weighted by atomic mass is 10.2. The summed E-state index contributed by atoms with van der Waals surface area (Å²) in [5.74, 6) is -0.192. The number of nitrogens with one attached hydrogen (secondary N) is 1. The quantitative estimate of drug-likeness (QED) is 0.904. The summed E-state index contributed by atoms with van der Waals surface area (Å²) in [6, 6.07) is 5.26. The van der Waals surface area contributed by atoms with Gasteiger partial charge in [-0.2, -0.15) is 0 Å². The molecule has 0 saturated heterocycles. The third-order valence-electron chi connectivity index (χ3n) is 2.20. The van der Waals surface area contributed by atoms with Crippen LogP contribution in [0, 0.1) is 0 Å². The van der Waals surface area contributed by atoms with Crippen LogP contribution in [0.3, 0.4) is 0 Å². The van der Waals surface area contributed by atoms with E-state index in [4.69, 9.17) is 16.3 Å². The maximum absolute atomic E-state index is 11.9. The third kappa shape index (κ3) is 4.30. The van der Waals surface area contributed by atoms with Gasteiger partial charge in [-0.15, -0.1) is 0 Å². The van der Waals surface area contributed by atoms with Gasteiger partial charge in [0.25, 0.3) is 5.91 Å². The first-order valence-corrected chi connectivity index (χ1v) is 6.57. The van der Waals surface area contributed by atoms with Gasteiger partial charge in [0.15, 0.2) is 0 Å². The molecule has 0 aliphatic carbocycles. The highest BCUT2D eigenvalue weighted by molar-refractivity contribution is 9.10. The summed E-state index contributed by atoms with van der Waals surface area (Å²) in [5, 5.41) is 3.21. The summed E-state index contributed by atoms with van der Waals surface area (Å²) < 4.78 is 6.04. The molecule has 5 heteroatoms. The highest BCUT2D eigenvalue weighted by atomic mass is 79.9. The maximum atomic E-state index is 11.9. The summed E-state index contributed by atoms with van der Waals surface area (Å²) in [6.07, 6.45) is -0.00474. The predicted octanol–water partition coefficient (Wildman–Crippen LogP) is 3.26. The first-order valence-electron chi connectivity index (χ1n) is 5.40. The highest BCUT2D eigenvalue weighted by Gasteiger charge is 2.12. The molecule has 1 aromatic carbocycles. The van der Waals surface area contributed by atoms with E-state index in [0.717, 1.165) is 0 Å². The number of rotatable bonds is 5. The van der Waals surface area contributed by atoms with Crippen molar-refractivity contribution in [3.63, 3.8) is 0 Å². The van der Waals surface area contributed by atoms with Gasteiger partial charge < -0.3 is 10.1 Å². The molecule has 1 rings (SSSR count). The molecule has 0 heterocycles. The van der Waals surface area contributed by atoms with E-state index in [1.54, 1.807) is 18.2 Å². The molecule has 1 unspecified atom stereocenters. The molecule has 0 radical (unpaired) electrons. The number of carbonyl (C=O) groups excluding carboxylic acids is 1. The van der Waals surface area contributed by atoms with Crippen LogP contribution >= 0.6 is 27.5 Å². The molecular weight excluding hydrogens is 305 g/mol. The van der Waals surface area contributed by atoms with E-state index in [9.17, 15) is 4.79 Å². The van der Waals surface area contributed by atoms with Crippen LogP contribution in [0.1, 0.15) is 24.2 Å². The van der Waals surface area contributed by atoms with Crippen molar-refractivity contribution in [1.29, 1.82) is 0 Å². The second-order valence-electron chi connectivity index (χ2n) is 3.58. The molecule has 0 saturated carbocycles. The van der Waals surface area contributed by atoms with Gasteiger partial charge in [0.1, 0.15) is 0 Å². The van der Waals surface area contributed by atoms with Gasteiger partial charge in [0.05, 0.1) is 16.7 Å². The van der Waals surface area contributed by atoms with E-state index in [1.807, 2.05) is 13.8 Å². The van der Waals surface area contributed by atoms with E-state index in [1.165, 1.54) is 0 Å². The maximum Gasteiger partial charge on any atom is 0.252 e. The minimum absolute atomic E-state index is 0.00474. The number of ether oxygens (including phenoxy) is 1. The molecule has 1 N–H and O–H groups in total. The topological polar surface area (TPSA) is 38.3 Å². The molecule has 0 bridgehead atoms. The summed E-state index contributed by atoms with van der Waals surface area (Å²) in [5.41, 5.74) is 0.463. The normalized spacial score (nSPS) is 12.2. The van der Waals surface area contributed by atoms with Crippen molar-refractivity contribution in [3.05, 3.63) is 33.3 Å². The average Bonchev–Trinajstić information content (AvgIpc) is 2.30. The Labute approximate surface area is 115 Å². The van der Waals surface area contributed by atoms with Crippen LogP contribution in [-0.4, -0.2) is 25.2 Å². The summed E-state index contributed by atoms with van der Waals surface area (Å²) in [7, 11) is 0. The largest absolute Gasteiger partial charge is 0.377 e. The van der Waals surface area contributed by atoms with Crippen molar-refractivity contribution in [3.8, 4) is 0 Å². The van der Waals surface area contributed by atoms with E-state index >= 15 is 0 Å². The van der Waals surface area contributed by atoms with Gasteiger partial charge in [-0.05, 0) is 41.9 Å². The Morgan fingerprint density at radius 3 is 2.94 bits per heavy atom. The Morgan fingerprint density at radius 1 is 1.59 bits per heavy atom. The minimum atomic E-state index is -0.192. The van der Waals surface area contributed by atoms with Gasteiger partial charge in [0, 0.05) is 17.6 Å². The van der Waals surface area contributed by atoms with Crippen LogP contribution in [0.5, 0.6) is 0 Å². The molecular formula is C12H15BrClNO2. The standard InChI is InChI=1S/C12H15BrClNO2/c1-3-17-8(2)7-15-12(16)9-5-4-6-10(13)11(9)14/h4-6,8H,3,7H2,1-2H3,(H,15,16). The number of hydrogen-bond acceptors (Lipinski definition) is 2. The molecule has 1 aromatic rings. The van der Waals surface area contributed by atoms with Crippen molar-refractivity contribution >= 4 is 33.4 Å². The third-order valence-corrected chi connectivity index (χ3v) is 3.49. The summed E-state index contributed by atoms with van der Waals surface area (Å²) >= 11 is 9.31. The monoisotopic (exact) mass is 319 g/mol. The zero-order valence-corrected chi connectivity index (χ0v) is 12.1. The summed E-state index contributed by atoms with van der Waals surface area (Å²) in [6.45, 7) is 4.93. The fraction of sp³-hybridized carbons (Fsp3) is 0.417. The van der Waals surface area contributed by atoms with Crippen LogP contribution in [0.2, 0.25) is 5.02 Å². The van der Waals surface area contributed by atoms with E-state index in [0.29, 0.717) is 28.2 Å². The Morgan fingerprint density at radius 2 is 2.29 bits per heavy atom. The van der Waals surface area contributed by atoms with Crippen molar-refractivity contribution in [2.75, 3.05) is 13.2 Å². The van der Waals surface area contributed by atoms with Crippen LogP contribution in [0.15, 0.2) is 22.7 Å². The molecule has 0 aliphatic rings. The number of halogens is 2. The number of carbonyl (C=O) groups is 1. The summed E-state index contributed by atoms with van der Waals surface area (Å²) in [4.78, 5) is 11.9. The van der Waals surface area contributed by atoms with E-state index in [-0.39, 0.29) is 12.0 Å². The van der Waals surface area contributed by atoms with E-state index in [2.05, 4.69) is 21.2 Å². The van der Waals surface area contributed by atoms with Gasteiger partial charge in [-0.3, -0.25) is 4.79 Å². The minimum Gasteiger partial charge on any atom is -0.377 e. The van der Waals surface area contributed by atoms with E-state index < -0.39 is 0 Å². The second-order valence-corrected chi connectivity index (χ2v) is 4.81. The van der Waals surface area contributed by atoms with Gasteiger partial charge in [-0.25, -0.2) is 0 Å². The van der Waals surface area contributed by atoms with Gasteiger partial charge in [0.2, 0.25) is 0 Å². The van der Waals surface area contributed by atoms with Gasteiger partial charge in [-0.1, -0.05) is 17.7 Å². The lowest BCUT2D eigenvalue weighted by Crippen LogP contribution is -2.32. The van der Waals surface area contributed by atoms with Crippen LogP contribution in [-0.2, 0) is 4.74 Å². The molecule has 17 heavy (non-hydrogen) atoms. The van der Waals surface area contributed by atoms with Crippen molar-refractivity contribution < 1.29 is 9.53 Å². The Bertz CT molecular complexity index is 398. The number of amides is 1. The Kier molecular flexibility index (Phi) is 5.95. The Hall–Kier alpha value is -0.580. The predicted molar refractivity (Wildman–Crippen MR) is 72.6 cm³/mol. The zero-order chi connectivity index (χ0) is 12.8. The fourth-order valence-corrected chi connectivity index (χ4v) is 1.93. The number of hydrogen-bond donors (Lipinski definition) is 1. The fourth-order valence-electron chi connectivity index (χ4n) is 1.35. The molecule has 0 fully saturated rings. The average molecular weight is 321 g/mol. The number of benzene rings is 1. The van der Waals surface area contributed by atoms with Gasteiger partial charge >= 0.3 is 0 Å². The van der Waals surface area contributed by atoms with Crippen LogP contribution < -0.4 is 5.32 Å². The SMILES string of the molecule is CCOC(C)CNC(=O)c1cccc(Br)c1Cl. The van der Waals surface area contributed by atoms with Crippen LogP contribution in [0.4, 0.5) is 0 Å². The lowest BCUT2D eigenvalue weighted by molar-refractivity contribution is 0.0695. The smallest absolute Gasteiger partial charge is 0.252 e.